The molecule has 0 spiro atoms. The summed E-state index contributed by atoms with van der Waals surface area (Å²) in [6.45, 7) is 11.6. The second kappa shape index (κ2) is 9.84. The van der Waals surface area contributed by atoms with E-state index >= 15 is 0 Å². The van der Waals surface area contributed by atoms with E-state index in [1.807, 2.05) is 59.8 Å². The van der Waals surface area contributed by atoms with Crippen molar-refractivity contribution >= 4 is 5.78 Å². The Labute approximate surface area is 122 Å². The highest BCUT2D eigenvalue weighted by Crippen LogP contribution is 2.06. The van der Waals surface area contributed by atoms with Gasteiger partial charge >= 0.3 is 0 Å². The van der Waals surface area contributed by atoms with Crippen LogP contribution < -0.4 is 10.6 Å². The van der Waals surface area contributed by atoms with Crippen molar-refractivity contribution in [1.82, 2.24) is 10.6 Å². The van der Waals surface area contributed by atoms with Gasteiger partial charge in [0.2, 0.25) is 5.78 Å². The molecule has 0 saturated carbocycles. The fourth-order valence-electron chi connectivity index (χ4n) is 1.50. The first-order chi connectivity index (χ1) is 9.49. The summed E-state index contributed by atoms with van der Waals surface area (Å²) in [5.41, 5.74) is 3.47. The van der Waals surface area contributed by atoms with Gasteiger partial charge in [-0.15, -0.1) is 0 Å². The van der Waals surface area contributed by atoms with E-state index in [4.69, 9.17) is 0 Å². The van der Waals surface area contributed by atoms with Crippen molar-refractivity contribution < 1.29 is 4.79 Å². The summed E-state index contributed by atoms with van der Waals surface area (Å²) in [6.07, 6.45) is 11.0. The van der Waals surface area contributed by atoms with Crippen LogP contribution in [0.25, 0.3) is 0 Å². The van der Waals surface area contributed by atoms with E-state index in [0.717, 1.165) is 17.1 Å². The third-order valence-electron chi connectivity index (χ3n) is 2.70. The number of carbonyl (C=O) groups is 1. The summed E-state index contributed by atoms with van der Waals surface area (Å²) in [7, 11) is 0. The van der Waals surface area contributed by atoms with E-state index in [2.05, 4.69) is 10.6 Å². The molecule has 0 aliphatic carbocycles. The van der Waals surface area contributed by atoms with E-state index in [1.165, 1.54) is 0 Å². The van der Waals surface area contributed by atoms with E-state index in [0.29, 0.717) is 5.70 Å². The quantitative estimate of drug-likeness (QED) is 0.545. The minimum Gasteiger partial charge on any atom is -0.358 e. The van der Waals surface area contributed by atoms with E-state index < -0.39 is 0 Å². The molecule has 0 fully saturated rings. The zero-order valence-electron chi connectivity index (χ0n) is 13.4. The monoisotopic (exact) mass is 274 g/mol. The Balaban J connectivity index is 5.27. The Hall–Kier alpha value is -2.03. The summed E-state index contributed by atoms with van der Waals surface area (Å²) in [5.74, 6) is -0.0306. The average molecular weight is 274 g/mol. The molecule has 0 aromatic heterocycles. The van der Waals surface area contributed by atoms with Crippen LogP contribution in [0, 0.1) is 0 Å². The molecule has 0 saturated heterocycles. The highest BCUT2D eigenvalue weighted by atomic mass is 16.1. The first-order valence-electron chi connectivity index (χ1n) is 6.83. The lowest BCUT2D eigenvalue weighted by atomic mass is 10.2. The summed E-state index contributed by atoms with van der Waals surface area (Å²) >= 11 is 0. The zero-order chi connectivity index (χ0) is 15.5. The topological polar surface area (TPSA) is 41.1 Å². The first-order valence-corrected chi connectivity index (χ1v) is 6.83. The molecular weight excluding hydrogens is 248 g/mol. The molecule has 0 aromatic rings. The Bertz CT molecular complexity index is 477. The Morgan fingerprint density at radius 2 is 1.45 bits per heavy atom. The van der Waals surface area contributed by atoms with Crippen LogP contribution in [-0.4, -0.2) is 5.78 Å². The molecular formula is C17H26N2O. The maximum Gasteiger partial charge on any atom is 0.201 e. The van der Waals surface area contributed by atoms with Crippen molar-refractivity contribution in [3.8, 4) is 0 Å². The van der Waals surface area contributed by atoms with Crippen LogP contribution in [0.1, 0.15) is 41.5 Å². The van der Waals surface area contributed by atoms with Gasteiger partial charge in [-0.3, -0.25) is 4.79 Å². The molecule has 0 aliphatic heterocycles. The second-order valence-corrected chi connectivity index (χ2v) is 4.33. The molecule has 0 heterocycles. The van der Waals surface area contributed by atoms with Crippen molar-refractivity contribution in [1.29, 1.82) is 0 Å². The number of hydrogen-bond acceptors (Lipinski definition) is 3. The lowest BCUT2D eigenvalue weighted by Crippen LogP contribution is -2.22. The van der Waals surface area contributed by atoms with Gasteiger partial charge in [0.05, 0.1) is 11.4 Å². The first kappa shape index (κ1) is 18.0. The number of allylic oxidation sites excluding steroid dienone is 8. The molecule has 20 heavy (non-hydrogen) atoms. The van der Waals surface area contributed by atoms with Crippen LogP contribution in [0.5, 0.6) is 0 Å². The van der Waals surface area contributed by atoms with Gasteiger partial charge in [0.25, 0.3) is 0 Å². The smallest absolute Gasteiger partial charge is 0.201 e. The molecule has 0 rings (SSSR count). The molecule has 3 nitrogen and oxygen atoms in total. The van der Waals surface area contributed by atoms with Gasteiger partial charge in [0.1, 0.15) is 0 Å². The normalized spacial score (nSPS) is 14.7. The molecule has 0 atom stereocenters. The van der Waals surface area contributed by atoms with Gasteiger partial charge in [-0.1, -0.05) is 24.3 Å². The van der Waals surface area contributed by atoms with Crippen LogP contribution >= 0.6 is 0 Å². The fraction of sp³-hybridized carbons (Fsp3) is 0.353. The second-order valence-electron chi connectivity index (χ2n) is 4.33. The molecule has 3 heteroatoms. The number of hydrogen-bond donors (Lipinski definition) is 2. The van der Waals surface area contributed by atoms with Crippen molar-refractivity contribution in [2.75, 3.05) is 0 Å². The van der Waals surface area contributed by atoms with Crippen LogP contribution in [0.2, 0.25) is 0 Å². The number of rotatable bonds is 7. The van der Waals surface area contributed by atoms with Crippen LogP contribution in [-0.2, 0) is 4.79 Å². The average Bonchev–Trinajstić information content (AvgIpc) is 2.43. The number of nitrogens with one attached hydrogen (secondary N) is 2. The molecule has 110 valence electrons. The van der Waals surface area contributed by atoms with Crippen molar-refractivity contribution in [2.24, 2.45) is 0 Å². The Morgan fingerprint density at radius 1 is 0.850 bits per heavy atom. The summed E-state index contributed by atoms with van der Waals surface area (Å²) in [5, 5.41) is 6.47. The van der Waals surface area contributed by atoms with Crippen LogP contribution in [0.15, 0.2) is 59.2 Å². The molecule has 0 bridgehead atoms. The maximum atomic E-state index is 11.9. The third kappa shape index (κ3) is 6.23. The highest BCUT2D eigenvalue weighted by Gasteiger charge is 2.07. The summed E-state index contributed by atoms with van der Waals surface area (Å²) in [6, 6.07) is 0. The SMILES string of the molecule is C/C=C\C(=O)/C(=C\C)N/C(C)=C(/C=C\C)N/C(C)=C/C. The van der Waals surface area contributed by atoms with Gasteiger partial charge in [0, 0.05) is 11.4 Å². The third-order valence-corrected chi connectivity index (χ3v) is 2.70. The Kier molecular flexibility index (Phi) is 8.84. The molecule has 0 unspecified atom stereocenters. The van der Waals surface area contributed by atoms with E-state index in [-0.39, 0.29) is 5.78 Å². The van der Waals surface area contributed by atoms with E-state index in [1.54, 1.807) is 18.2 Å². The summed E-state index contributed by atoms with van der Waals surface area (Å²) in [4.78, 5) is 11.9. The number of ketones is 1. The van der Waals surface area contributed by atoms with Crippen molar-refractivity contribution in [3.05, 3.63) is 59.2 Å². The molecule has 2 N–H and O–H groups in total. The van der Waals surface area contributed by atoms with Crippen LogP contribution in [0.4, 0.5) is 0 Å². The zero-order valence-corrected chi connectivity index (χ0v) is 13.4. The lowest BCUT2D eigenvalue weighted by molar-refractivity contribution is -0.111. The lowest BCUT2D eigenvalue weighted by Gasteiger charge is -2.15. The van der Waals surface area contributed by atoms with E-state index in [9.17, 15) is 4.79 Å². The minimum absolute atomic E-state index is 0.0306. The highest BCUT2D eigenvalue weighted by molar-refractivity contribution is 6.03. The van der Waals surface area contributed by atoms with Gasteiger partial charge in [-0.2, -0.15) is 0 Å². The van der Waals surface area contributed by atoms with Crippen molar-refractivity contribution in [2.45, 2.75) is 41.5 Å². The van der Waals surface area contributed by atoms with Gasteiger partial charge in [0.15, 0.2) is 0 Å². The van der Waals surface area contributed by atoms with Gasteiger partial charge in [-0.05, 0) is 53.7 Å². The molecule has 0 amide bonds. The minimum atomic E-state index is -0.0306. The fourth-order valence-corrected chi connectivity index (χ4v) is 1.50. The predicted molar refractivity (Wildman–Crippen MR) is 86.8 cm³/mol. The predicted octanol–water partition coefficient (Wildman–Crippen LogP) is 3.95. The maximum absolute atomic E-state index is 11.9. The standard InChI is InChI=1S/C17H26N2O/c1-7-11-16(18-13(5)9-3)14(6)19-15(10-4)17(20)12-8-2/h7-12,18-19H,1-6H3/b11-7-,12-8-,13-9+,15-10+,16-14-. The molecule has 0 aliphatic rings. The van der Waals surface area contributed by atoms with Crippen molar-refractivity contribution in [3.63, 3.8) is 0 Å². The number of carbonyl (C=O) groups excluding carboxylic acids is 1. The van der Waals surface area contributed by atoms with Gasteiger partial charge < -0.3 is 10.6 Å². The molecule has 0 radical (unpaired) electrons. The Morgan fingerprint density at radius 3 is 1.90 bits per heavy atom. The van der Waals surface area contributed by atoms with Gasteiger partial charge in [-0.25, -0.2) is 0 Å². The molecule has 0 aromatic carbocycles. The summed E-state index contributed by atoms with van der Waals surface area (Å²) < 4.78 is 0. The van der Waals surface area contributed by atoms with Crippen LogP contribution in [0.3, 0.4) is 0 Å². The largest absolute Gasteiger partial charge is 0.358 e.